The highest BCUT2D eigenvalue weighted by atomic mass is 35.5. The summed E-state index contributed by atoms with van der Waals surface area (Å²) >= 11 is 5.96. The van der Waals surface area contributed by atoms with Gasteiger partial charge in [0, 0.05) is 29.7 Å². The van der Waals surface area contributed by atoms with Crippen LogP contribution in [-0.2, 0) is 29.5 Å². The van der Waals surface area contributed by atoms with Gasteiger partial charge in [-0.1, -0.05) is 72.3 Å². The molecule has 0 saturated carbocycles. The van der Waals surface area contributed by atoms with Crippen LogP contribution in [0.3, 0.4) is 0 Å². The molecule has 0 bridgehead atoms. The molecule has 0 saturated heterocycles. The molecule has 0 aromatic heterocycles. The smallest absolute Gasteiger partial charge is 0.264 e. The summed E-state index contributed by atoms with van der Waals surface area (Å²) in [5.41, 5.74) is 4.08. The van der Waals surface area contributed by atoms with Crippen molar-refractivity contribution >= 4 is 33.2 Å². The van der Waals surface area contributed by atoms with Crippen LogP contribution in [-0.4, -0.2) is 25.3 Å². The van der Waals surface area contributed by atoms with Gasteiger partial charge >= 0.3 is 0 Å². The molecule has 4 aromatic carbocycles. The average Bonchev–Trinajstić information content (AvgIpc) is 3.25. The van der Waals surface area contributed by atoms with Gasteiger partial charge in [-0.05, 0) is 72.5 Å². The Hall–Kier alpha value is -3.61. The molecule has 7 heteroatoms. The summed E-state index contributed by atoms with van der Waals surface area (Å²) in [5, 5.41) is 0.479. The lowest BCUT2D eigenvalue weighted by Gasteiger charge is -2.25. The molecule has 0 aliphatic carbocycles. The molecule has 5 rings (SSSR count). The standard InChI is InChI=1S/C30H27ClN2O3S/c1-22-18-26-19-25(12-17-29(26)33(22)37(35,36)28-15-13-27(31)14-16-28)30(34)32(20-23-8-4-2-5-9-23)21-24-10-6-3-7-11-24/h2-17,19,22H,18,20-21H2,1H3/t22-/m1/s1. The van der Waals surface area contributed by atoms with E-state index in [-0.39, 0.29) is 16.8 Å². The number of carbonyl (C=O) groups is 1. The fourth-order valence-electron chi connectivity index (χ4n) is 4.81. The third-order valence-electron chi connectivity index (χ3n) is 6.57. The SMILES string of the molecule is C[C@@H]1Cc2cc(C(=O)N(Cc3ccccc3)Cc3ccccc3)ccc2N1S(=O)(=O)c1ccc(Cl)cc1. The van der Waals surface area contributed by atoms with Crippen molar-refractivity contribution in [3.8, 4) is 0 Å². The van der Waals surface area contributed by atoms with Crippen molar-refractivity contribution in [3.63, 3.8) is 0 Å². The molecule has 1 aliphatic heterocycles. The molecule has 0 unspecified atom stereocenters. The highest BCUT2D eigenvalue weighted by molar-refractivity contribution is 7.92. The van der Waals surface area contributed by atoms with Gasteiger partial charge < -0.3 is 4.90 Å². The van der Waals surface area contributed by atoms with Gasteiger partial charge in [-0.15, -0.1) is 0 Å². The number of hydrogen-bond donors (Lipinski definition) is 0. The summed E-state index contributed by atoms with van der Waals surface area (Å²) in [5.74, 6) is -0.0952. The summed E-state index contributed by atoms with van der Waals surface area (Å²) < 4.78 is 28.4. The topological polar surface area (TPSA) is 57.7 Å². The van der Waals surface area contributed by atoms with E-state index < -0.39 is 10.0 Å². The van der Waals surface area contributed by atoms with Crippen molar-refractivity contribution in [2.75, 3.05) is 4.31 Å². The summed E-state index contributed by atoms with van der Waals surface area (Å²) in [6.07, 6.45) is 0.528. The Balaban J connectivity index is 1.45. The molecule has 5 nitrogen and oxygen atoms in total. The maximum atomic E-state index is 13.7. The quantitative estimate of drug-likeness (QED) is 0.281. The van der Waals surface area contributed by atoms with E-state index in [4.69, 9.17) is 11.6 Å². The van der Waals surface area contributed by atoms with Gasteiger partial charge in [-0.3, -0.25) is 9.10 Å². The first-order chi connectivity index (χ1) is 17.8. The highest BCUT2D eigenvalue weighted by Crippen LogP contribution is 2.37. The van der Waals surface area contributed by atoms with Crippen LogP contribution in [0.25, 0.3) is 0 Å². The van der Waals surface area contributed by atoms with Gasteiger partial charge in [-0.2, -0.15) is 0 Å². The minimum absolute atomic E-state index is 0.0952. The number of sulfonamides is 1. The molecular weight excluding hydrogens is 504 g/mol. The van der Waals surface area contributed by atoms with E-state index in [9.17, 15) is 13.2 Å². The molecule has 1 aliphatic rings. The molecule has 0 fully saturated rings. The van der Waals surface area contributed by atoms with Crippen LogP contribution >= 0.6 is 11.6 Å². The van der Waals surface area contributed by atoms with Crippen LogP contribution in [0.1, 0.15) is 34.0 Å². The molecule has 0 radical (unpaired) electrons. The Bertz CT molecular complexity index is 1470. The fourth-order valence-corrected chi connectivity index (χ4v) is 6.63. The van der Waals surface area contributed by atoms with E-state index in [1.54, 1.807) is 24.3 Å². The number of nitrogens with zero attached hydrogens (tertiary/aromatic N) is 2. The van der Waals surface area contributed by atoms with Crippen LogP contribution < -0.4 is 4.31 Å². The van der Waals surface area contributed by atoms with E-state index in [1.807, 2.05) is 78.6 Å². The number of carbonyl (C=O) groups excluding carboxylic acids is 1. The summed E-state index contributed by atoms with van der Waals surface area (Å²) in [4.78, 5) is 15.8. The minimum atomic E-state index is -3.77. The first-order valence-electron chi connectivity index (χ1n) is 12.1. The third kappa shape index (κ3) is 5.26. The van der Waals surface area contributed by atoms with Crippen molar-refractivity contribution in [1.29, 1.82) is 0 Å². The predicted octanol–water partition coefficient (Wildman–Crippen LogP) is 6.32. The van der Waals surface area contributed by atoms with Crippen molar-refractivity contribution in [2.24, 2.45) is 0 Å². The Morgan fingerprint density at radius 3 is 2.00 bits per heavy atom. The van der Waals surface area contributed by atoms with Crippen molar-refractivity contribution in [3.05, 3.63) is 130 Å². The van der Waals surface area contributed by atoms with Crippen molar-refractivity contribution in [1.82, 2.24) is 4.90 Å². The number of halogens is 1. The van der Waals surface area contributed by atoms with Gasteiger partial charge in [0.15, 0.2) is 0 Å². The second-order valence-electron chi connectivity index (χ2n) is 9.28. The number of benzene rings is 4. The molecule has 1 heterocycles. The van der Waals surface area contributed by atoms with E-state index in [0.29, 0.717) is 35.8 Å². The lowest BCUT2D eigenvalue weighted by molar-refractivity contribution is 0.0730. The van der Waals surface area contributed by atoms with E-state index in [1.165, 1.54) is 16.4 Å². The van der Waals surface area contributed by atoms with Gasteiger partial charge in [0.2, 0.25) is 0 Å². The van der Waals surface area contributed by atoms with Crippen LogP contribution in [0.5, 0.6) is 0 Å². The van der Waals surface area contributed by atoms with E-state index >= 15 is 0 Å². The fraction of sp³-hybridized carbons (Fsp3) is 0.167. The summed E-state index contributed by atoms with van der Waals surface area (Å²) in [7, 11) is -3.77. The first kappa shape index (κ1) is 25.1. The first-order valence-corrected chi connectivity index (χ1v) is 13.9. The summed E-state index contributed by atoms with van der Waals surface area (Å²) in [6, 6.07) is 31.1. The predicted molar refractivity (Wildman–Crippen MR) is 147 cm³/mol. The lowest BCUT2D eigenvalue weighted by Crippen LogP contribution is -2.35. The molecular formula is C30H27ClN2O3S. The van der Waals surface area contributed by atoms with Gasteiger partial charge in [0.05, 0.1) is 10.6 Å². The zero-order valence-corrected chi connectivity index (χ0v) is 22.0. The number of anilines is 1. The Labute approximate surface area is 223 Å². The molecule has 37 heavy (non-hydrogen) atoms. The number of amides is 1. The zero-order chi connectivity index (χ0) is 26.0. The van der Waals surface area contributed by atoms with Crippen molar-refractivity contribution in [2.45, 2.75) is 37.4 Å². The van der Waals surface area contributed by atoms with Crippen LogP contribution in [0.15, 0.2) is 108 Å². The molecule has 4 aromatic rings. The second-order valence-corrected chi connectivity index (χ2v) is 11.5. The number of fused-ring (bicyclic) bond motifs is 1. The van der Waals surface area contributed by atoms with Gasteiger partial charge in [-0.25, -0.2) is 8.42 Å². The lowest BCUT2D eigenvalue weighted by atomic mass is 10.1. The van der Waals surface area contributed by atoms with E-state index in [2.05, 4.69) is 0 Å². The Morgan fingerprint density at radius 1 is 0.865 bits per heavy atom. The normalized spacial score (nSPS) is 14.9. The molecule has 1 atom stereocenters. The third-order valence-corrected chi connectivity index (χ3v) is 8.76. The maximum absolute atomic E-state index is 13.7. The summed E-state index contributed by atoms with van der Waals surface area (Å²) in [6.45, 7) is 2.82. The van der Waals surface area contributed by atoms with Gasteiger partial charge in [0.1, 0.15) is 0 Å². The minimum Gasteiger partial charge on any atom is -0.330 e. The number of hydrogen-bond acceptors (Lipinski definition) is 3. The molecule has 0 spiro atoms. The van der Waals surface area contributed by atoms with Crippen LogP contribution in [0.4, 0.5) is 5.69 Å². The second kappa shape index (κ2) is 10.4. The molecule has 188 valence electrons. The molecule has 1 amide bonds. The Kier molecular flexibility index (Phi) is 7.04. The number of rotatable bonds is 7. The zero-order valence-electron chi connectivity index (χ0n) is 20.4. The van der Waals surface area contributed by atoms with Crippen LogP contribution in [0, 0.1) is 0 Å². The van der Waals surface area contributed by atoms with Crippen LogP contribution in [0.2, 0.25) is 5.02 Å². The van der Waals surface area contributed by atoms with Crippen molar-refractivity contribution < 1.29 is 13.2 Å². The largest absolute Gasteiger partial charge is 0.330 e. The van der Waals surface area contributed by atoms with Gasteiger partial charge in [0.25, 0.3) is 15.9 Å². The average molecular weight is 531 g/mol. The van der Waals surface area contributed by atoms with E-state index in [0.717, 1.165) is 16.7 Å². The maximum Gasteiger partial charge on any atom is 0.264 e. The monoisotopic (exact) mass is 530 g/mol. The highest BCUT2D eigenvalue weighted by Gasteiger charge is 2.36. The molecule has 0 N–H and O–H groups in total. The Morgan fingerprint density at radius 2 is 1.43 bits per heavy atom.